The Morgan fingerprint density at radius 2 is 1.82 bits per heavy atom. The smallest absolute Gasteiger partial charge is 0.414 e. The number of cyclic esters (lactones) is 1. The van der Waals surface area contributed by atoms with Crippen LogP contribution in [0, 0.1) is 0 Å². The van der Waals surface area contributed by atoms with Crippen molar-refractivity contribution < 1.29 is 33.4 Å². The van der Waals surface area contributed by atoms with E-state index in [1.165, 1.54) is 4.90 Å². The van der Waals surface area contributed by atoms with Crippen LogP contribution < -0.4 is 20.4 Å². The molecule has 3 aliphatic rings. The van der Waals surface area contributed by atoms with Crippen molar-refractivity contribution in [2.75, 3.05) is 55.7 Å². The molecular weight excluding hydrogens is 610 g/mol. The minimum atomic E-state index is -0.741. The first kappa shape index (κ1) is 33.4. The number of morpholine rings is 1. The molecule has 4 heterocycles. The Morgan fingerprint density at radius 1 is 1.07 bits per heavy atom. The number of amides is 5. The normalized spacial score (nSPS) is 19.8. The van der Waals surface area contributed by atoms with E-state index in [-0.39, 0.29) is 51.4 Å². The number of carbonyl (C=O) groups is 5. The summed E-state index contributed by atoms with van der Waals surface area (Å²) in [6.07, 6.45) is 1.60. The average molecular weight is 648 g/mol. The highest BCUT2D eigenvalue weighted by atomic mass is 35.5. The Morgan fingerprint density at radius 3 is 2.48 bits per heavy atom. The number of halogens is 1. The summed E-state index contributed by atoms with van der Waals surface area (Å²) in [5.74, 6) is -1.07. The maximum absolute atomic E-state index is 13.4. The molecule has 0 spiro atoms. The molecule has 12 nitrogen and oxygen atoms in total. The largest absolute Gasteiger partial charge is 0.442 e. The van der Waals surface area contributed by atoms with Gasteiger partial charge in [-0.1, -0.05) is 19.0 Å². The van der Waals surface area contributed by atoms with Crippen LogP contribution in [0.1, 0.15) is 49.2 Å². The van der Waals surface area contributed by atoms with Crippen LogP contribution in [-0.4, -0.2) is 92.7 Å². The van der Waals surface area contributed by atoms with E-state index in [2.05, 4.69) is 10.6 Å². The van der Waals surface area contributed by atoms with Gasteiger partial charge in [-0.2, -0.15) is 0 Å². The van der Waals surface area contributed by atoms with Gasteiger partial charge in [-0.15, -0.1) is 11.3 Å². The van der Waals surface area contributed by atoms with Gasteiger partial charge in [-0.3, -0.25) is 29.0 Å². The van der Waals surface area contributed by atoms with Gasteiger partial charge < -0.3 is 25.0 Å². The molecule has 0 bridgehead atoms. The topological polar surface area (TPSA) is 138 Å². The number of rotatable bonds is 11. The van der Waals surface area contributed by atoms with Gasteiger partial charge in [0.05, 0.1) is 35.0 Å². The van der Waals surface area contributed by atoms with Gasteiger partial charge in [0.25, 0.3) is 11.8 Å². The van der Waals surface area contributed by atoms with Crippen molar-refractivity contribution >= 4 is 64.0 Å². The van der Waals surface area contributed by atoms with E-state index >= 15 is 0 Å². The number of benzene rings is 1. The lowest BCUT2D eigenvalue weighted by atomic mass is 10.2. The number of anilines is 2. The number of carbonyl (C=O) groups excluding carboxylic acids is 5. The zero-order valence-corrected chi connectivity index (χ0v) is 25.2. The van der Waals surface area contributed by atoms with Gasteiger partial charge in [0.2, 0.25) is 11.8 Å². The molecule has 1 aromatic carbocycles. The maximum atomic E-state index is 13.4. The fraction of sp³-hybridized carbons (Fsp3) is 0.500. The Bertz CT molecular complexity index is 1350. The zero-order chi connectivity index (χ0) is 30.3. The number of nitrogens with zero attached hydrogens (tertiary/aromatic N) is 3. The number of nitrogens with one attached hydrogen (secondary N) is 2. The minimum Gasteiger partial charge on any atom is -0.442 e. The molecule has 238 valence electrons. The van der Waals surface area contributed by atoms with Gasteiger partial charge in [-0.25, -0.2) is 4.79 Å². The number of hydrogen-bond donors (Lipinski definition) is 2. The van der Waals surface area contributed by atoms with Crippen molar-refractivity contribution in [3.63, 3.8) is 0 Å². The number of hydrogen-bond acceptors (Lipinski definition) is 9. The monoisotopic (exact) mass is 647 g/mol. The molecule has 3 fully saturated rings. The van der Waals surface area contributed by atoms with Crippen molar-refractivity contribution in [3.8, 4) is 0 Å². The fourth-order valence-corrected chi connectivity index (χ4v) is 6.27. The number of imide groups is 1. The summed E-state index contributed by atoms with van der Waals surface area (Å²) in [5.41, 5.74) is 1.27. The molecule has 0 radical (unpaired) electrons. The minimum absolute atomic E-state index is 0. The second kappa shape index (κ2) is 15.5. The van der Waals surface area contributed by atoms with Crippen LogP contribution in [-0.2, 0) is 23.9 Å². The molecule has 14 heteroatoms. The van der Waals surface area contributed by atoms with E-state index in [1.807, 2.05) is 0 Å². The highest BCUT2D eigenvalue weighted by Gasteiger charge is 2.36. The summed E-state index contributed by atoms with van der Waals surface area (Å²) in [6, 6.07) is 9.96. The van der Waals surface area contributed by atoms with Crippen molar-refractivity contribution in [3.05, 3.63) is 45.6 Å². The summed E-state index contributed by atoms with van der Waals surface area (Å²) in [6.45, 7) is 2.23. The molecule has 2 N–H and O–H groups in total. The fourth-order valence-electron chi connectivity index (χ4n) is 5.27. The first-order chi connectivity index (χ1) is 20.8. The van der Waals surface area contributed by atoms with Gasteiger partial charge >= 0.3 is 6.09 Å². The highest BCUT2D eigenvalue weighted by molar-refractivity contribution is 7.18. The quantitative estimate of drug-likeness (QED) is 0.354. The molecule has 44 heavy (non-hydrogen) atoms. The average Bonchev–Trinajstić information content (AvgIpc) is 3.77. The van der Waals surface area contributed by atoms with Crippen molar-refractivity contribution in [2.45, 2.75) is 51.7 Å². The van der Waals surface area contributed by atoms with Crippen molar-refractivity contribution in [1.29, 1.82) is 0 Å². The van der Waals surface area contributed by atoms with E-state index in [9.17, 15) is 24.0 Å². The molecule has 2 aromatic rings. The maximum Gasteiger partial charge on any atom is 0.414 e. The Balaban J connectivity index is 0.00000442. The summed E-state index contributed by atoms with van der Waals surface area (Å²) < 4.78 is 11.2. The van der Waals surface area contributed by atoms with Crippen molar-refractivity contribution in [2.24, 2.45) is 0 Å². The lowest BCUT2D eigenvalue weighted by molar-refractivity contribution is -0.129. The molecule has 0 unspecified atom stereocenters. The number of ether oxygens (including phenoxy) is 2. The SMILES string of the molecule is C.O=C(NCCCCC(=O)N(C[C@H]1CN(c2ccc(N3CCOCC3=O)cc2)C(=O)O1)C(=O)c1ccc(Cl)s1)[C@@H]1CCCN1. The number of thiophene rings is 1. The van der Waals surface area contributed by atoms with Gasteiger partial charge in [0.1, 0.15) is 12.7 Å². The highest BCUT2D eigenvalue weighted by Crippen LogP contribution is 2.27. The van der Waals surface area contributed by atoms with Crippen LogP contribution in [0.5, 0.6) is 0 Å². The van der Waals surface area contributed by atoms with Crippen molar-refractivity contribution in [1.82, 2.24) is 15.5 Å². The van der Waals surface area contributed by atoms with Crippen LogP contribution in [0.3, 0.4) is 0 Å². The molecule has 3 aliphatic heterocycles. The molecule has 1 aromatic heterocycles. The van der Waals surface area contributed by atoms with Crippen LogP contribution in [0.15, 0.2) is 36.4 Å². The van der Waals surface area contributed by atoms with E-state index in [0.717, 1.165) is 35.6 Å². The predicted octanol–water partition coefficient (Wildman–Crippen LogP) is 3.43. The van der Waals surface area contributed by atoms with Crippen LogP contribution in [0.2, 0.25) is 4.34 Å². The van der Waals surface area contributed by atoms with E-state index in [0.29, 0.717) is 53.1 Å². The molecule has 2 atom stereocenters. The molecular formula is C30H38ClN5O7S. The van der Waals surface area contributed by atoms with Crippen LogP contribution >= 0.6 is 22.9 Å². The standard InChI is InChI=1S/C29H34ClN5O7S.CH4/c30-24-11-10-23(43-24)28(39)35(25(36)5-1-2-12-32-27(38)22-4-3-13-31-22)17-21-16-34(29(40)42-21)20-8-6-19(7-9-20)33-14-15-41-18-26(33)37;/h6-11,21-22,31H,1-5,12-18H2,(H,32,38);1H4/t21-,22+;/m1./s1. The van der Waals surface area contributed by atoms with E-state index in [1.54, 1.807) is 41.3 Å². The van der Waals surface area contributed by atoms with Gasteiger partial charge in [0.15, 0.2) is 0 Å². The Kier molecular flexibility index (Phi) is 11.7. The first-order valence-corrected chi connectivity index (χ1v) is 15.6. The van der Waals surface area contributed by atoms with E-state index < -0.39 is 24.0 Å². The summed E-state index contributed by atoms with van der Waals surface area (Å²) in [4.78, 5) is 68.3. The van der Waals surface area contributed by atoms with E-state index in [4.69, 9.17) is 21.1 Å². The summed E-state index contributed by atoms with van der Waals surface area (Å²) >= 11 is 7.12. The zero-order valence-electron chi connectivity index (χ0n) is 23.6. The third-order valence-corrected chi connectivity index (χ3v) is 8.76. The lowest BCUT2D eigenvalue weighted by Gasteiger charge is -2.27. The predicted molar refractivity (Wildman–Crippen MR) is 167 cm³/mol. The molecule has 0 aliphatic carbocycles. The Hall–Kier alpha value is -3.52. The van der Waals surface area contributed by atoms with Crippen LogP contribution in [0.4, 0.5) is 16.2 Å². The second-order valence-corrected chi connectivity index (χ2v) is 12.3. The van der Waals surface area contributed by atoms with Gasteiger partial charge in [-0.05, 0) is 68.6 Å². The third-order valence-electron chi connectivity index (χ3n) is 7.54. The Labute approximate surface area is 265 Å². The van der Waals surface area contributed by atoms with Gasteiger partial charge in [0, 0.05) is 30.9 Å². The second-order valence-electron chi connectivity index (χ2n) is 10.5. The first-order valence-electron chi connectivity index (χ1n) is 14.4. The van der Waals surface area contributed by atoms with Crippen LogP contribution in [0.25, 0.3) is 0 Å². The molecule has 5 amide bonds. The third kappa shape index (κ3) is 8.14. The molecule has 0 saturated carbocycles. The summed E-state index contributed by atoms with van der Waals surface area (Å²) in [7, 11) is 0. The molecule has 5 rings (SSSR count). The summed E-state index contributed by atoms with van der Waals surface area (Å²) in [5, 5.41) is 6.05. The molecule has 3 saturated heterocycles. The number of unbranched alkanes of at least 4 members (excludes halogenated alkanes) is 1. The lowest BCUT2D eigenvalue weighted by Crippen LogP contribution is -2.43.